The lowest BCUT2D eigenvalue weighted by atomic mass is 10.1. The molecule has 1 heterocycles. The Morgan fingerprint density at radius 2 is 2.22 bits per heavy atom. The van der Waals surface area contributed by atoms with Crippen molar-refractivity contribution in [3.63, 3.8) is 0 Å². The molecule has 0 radical (unpaired) electrons. The van der Waals surface area contributed by atoms with Gasteiger partial charge in [-0.1, -0.05) is 30.3 Å². The van der Waals surface area contributed by atoms with Crippen molar-refractivity contribution in [3.05, 3.63) is 52.2 Å². The number of hydrogen-bond donors (Lipinski definition) is 2. The molecule has 0 saturated heterocycles. The third-order valence-corrected chi connectivity index (χ3v) is 3.41. The van der Waals surface area contributed by atoms with E-state index < -0.39 is 11.8 Å². The Morgan fingerprint density at radius 1 is 1.52 bits per heavy atom. The van der Waals surface area contributed by atoms with Crippen LogP contribution in [-0.4, -0.2) is 28.2 Å². The van der Waals surface area contributed by atoms with Crippen molar-refractivity contribution in [1.82, 2.24) is 9.97 Å². The largest absolute Gasteiger partial charge is 0.492 e. The number of aromatic nitrogens is 2. The molecule has 1 aromatic carbocycles. The maximum Gasteiger partial charge on any atom is 0.355 e. The van der Waals surface area contributed by atoms with Crippen LogP contribution in [0.15, 0.2) is 18.7 Å². The van der Waals surface area contributed by atoms with E-state index in [9.17, 15) is 14.3 Å². The summed E-state index contributed by atoms with van der Waals surface area (Å²) in [5.74, 6) is -2.01. The summed E-state index contributed by atoms with van der Waals surface area (Å²) in [6.45, 7) is 3.48. The molecule has 1 aromatic heterocycles. The van der Waals surface area contributed by atoms with Crippen molar-refractivity contribution < 1.29 is 19.0 Å². The zero-order chi connectivity index (χ0) is 17.1. The molecule has 3 N–H and O–H groups in total. The van der Waals surface area contributed by atoms with E-state index in [1.54, 1.807) is 0 Å². The monoisotopic (exact) mass is 337 g/mol. The van der Waals surface area contributed by atoms with Gasteiger partial charge in [-0.3, -0.25) is 0 Å². The Balaban J connectivity index is 2.49. The summed E-state index contributed by atoms with van der Waals surface area (Å²) < 4.78 is 19.2. The van der Waals surface area contributed by atoms with Crippen LogP contribution in [0.25, 0.3) is 6.08 Å². The first-order valence-corrected chi connectivity index (χ1v) is 6.79. The van der Waals surface area contributed by atoms with Crippen LogP contribution in [0.2, 0.25) is 5.02 Å². The van der Waals surface area contributed by atoms with E-state index in [1.807, 2.05) is 0 Å². The maximum atomic E-state index is 14.3. The molecular weight excluding hydrogens is 325 g/mol. The molecule has 23 heavy (non-hydrogen) atoms. The number of aromatic carboxylic acids is 1. The quantitative estimate of drug-likeness (QED) is 0.870. The van der Waals surface area contributed by atoms with Gasteiger partial charge in [0.25, 0.3) is 0 Å². The second-order valence-corrected chi connectivity index (χ2v) is 4.93. The summed E-state index contributed by atoms with van der Waals surface area (Å²) in [6, 6.07) is 2.92. The summed E-state index contributed by atoms with van der Waals surface area (Å²) in [5.41, 5.74) is 5.75. The van der Waals surface area contributed by atoms with Crippen molar-refractivity contribution >= 4 is 29.5 Å². The van der Waals surface area contributed by atoms with Crippen molar-refractivity contribution in [2.24, 2.45) is 0 Å². The Labute approximate surface area is 136 Å². The fourth-order valence-electron chi connectivity index (χ4n) is 2.05. The second-order valence-electron chi connectivity index (χ2n) is 4.53. The summed E-state index contributed by atoms with van der Waals surface area (Å²) in [5, 5.41) is 9.31. The predicted octanol–water partition coefficient (Wildman–Crippen LogP) is 2.79. The van der Waals surface area contributed by atoms with Gasteiger partial charge in [0.2, 0.25) is 0 Å². The number of halogens is 2. The molecule has 0 aliphatic heterocycles. The Bertz CT molecular complexity index is 796. The molecule has 0 amide bonds. The van der Waals surface area contributed by atoms with E-state index in [2.05, 4.69) is 16.5 Å². The Hall–Kier alpha value is -2.67. The van der Waals surface area contributed by atoms with E-state index >= 15 is 0 Å². The molecule has 6 nitrogen and oxygen atoms in total. The minimum atomic E-state index is -1.27. The number of carbonyl (C=O) groups is 1. The molecule has 0 bridgehead atoms. The average Bonchev–Trinajstić information content (AvgIpc) is 2.50. The Morgan fingerprint density at radius 3 is 2.78 bits per heavy atom. The van der Waals surface area contributed by atoms with Gasteiger partial charge in [0.1, 0.15) is 11.6 Å². The lowest BCUT2D eigenvalue weighted by Gasteiger charge is -2.10. The average molecular weight is 338 g/mol. The molecule has 120 valence electrons. The minimum Gasteiger partial charge on any atom is -0.492 e. The van der Waals surface area contributed by atoms with E-state index in [-0.39, 0.29) is 45.7 Å². The number of nitrogens with two attached hydrogens (primary N) is 1. The van der Waals surface area contributed by atoms with Crippen LogP contribution in [0, 0.1) is 5.82 Å². The van der Waals surface area contributed by atoms with E-state index in [1.165, 1.54) is 25.3 Å². The van der Waals surface area contributed by atoms with Gasteiger partial charge in [-0.2, -0.15) is 0 Å². The lowest BCUT2D eigenvalue weighted by Crippen LogP contribution is -2.12. The zero-order valence-electron chi connectivity index (χ0n) is 12.1. The van der Waals surface area contributed by atoms with Crippen LogP contribution < -0.4 is 10.5 Å². The standard InChI is InChI=1S/C15H13ClFN3O3/c1-3-8-12(15(21)22)19-10(20-14(8)18)6-7-4-5-9(16)13(23-2)11(7)17/h3-5H,1,6H2,2H3,(H,21,22)(H2,18,19,20). The summed E-state index contributed by atoms with van der Waals surface area (Å²) in [7, 11) is 1.30. The third kappa shape index (κ3) is 3.24. The molecular formula is C15H13ClFN3O3. The highest BCUT2D eigenvalue weighted by Crippen LogP contribution is 2.30. The van der Waals surface area contributed by atoms with Crippen molar-refractivity contribution in [2.45, 2.75) is 6.42 Å². The Kier molecular flexibility index (Phi) is 4.80. The first kappa shape index (κ1) is 16.7. The molecule has 0 spiro atoms. The highest BCUT2D eigenvalue weighted by Gasteiger charge is 2.18. The molecule has 0 atom stereocenters. The molecule has 0 unspecified atom stereocenters. The summed E-state index contributed by atoms with van der Waals surface area (Å²) in [4.78, 5) is 19.2. The van der Waals surface area contributed by atoms with Gasteiger partial charge in [-0.15, -0.1) is 0 Å². The topological polar surface area (TPSA) is 98.3 Å². The highest BCUT2D eigenvalue weighted by molar-refractivity contribution is 6.32. The van der Waals surface area contributed by atoms with Crippen LogP contribution in [0.4, 0.5) is 10.2 Å². The number of carboxylic acids is 1. The fourth-order valence-corrected chi connectivity index (χ4v) is 2.27. The molecule has 8 heteroatoms. The van der Waals surface area contributed by atoms with Gasteiger partial charge in [-0.05, 0) is 11.6 Å². The highest BCUT2D eigenvalue weighted by atomic mass is 35.5. The summed E-state index contributed by atoms with van der Waals surface area (Å²) in [6.07, 6.45) is 1.19. The van der Waals surface area contributed by atoms with Crippen LogP contribution in [0.3, 0.4) is 0 Å². The number of carboxylic acid groups (broad SMARTS) is 1. The molecule has 0 aliphatic carbocycles. The molecule has 2 rings (SSSR count). The van der Waals surface area contributed by atoms with Crippen LogP contribution in [0.1, 0.15) is 27.4 Å². The van der Waals surface area contributed by atoms with Crippen molar-refractivity contribution in [3.8, 4) is 5.75 Å². The van der Waals surface area contributed by atoms with Gasteiger partial charge in [0.05, 0.1) is 12.1 Å². The van der Waals surface area contributed by atoms with Gasteiger partial charge < -0.3 is 15.6 Å². The molecule has 2 aromatic rings. The molecule has 0 aliphatic rings. The van der Waals surface area contributed by atoms with Crippen molar-refractivity contribution in [1.29, 1.82) is 0 Å². The number of rotatable bonds is 5. The first-order chi connectivity index (χ1) is 10.9. The first-order valence-electron chi connectivity index (χ1n) is 6.42. The molecule has 0 saturated carbocycles. The number of benzene rings is 1. The smallest absolute Gasteiger partial charge is 0.355 e. The number of nitrogen functional groups attached to an aromatic ring is 1. The van der Waals surface area contributed by atoms with E-state index in [4.69, 9.17) is 22.1 Å². The van der Waals surface area contributed by atoms with Crippen LogP contribution in [-0.2, 0) is 6.42 Å². The van der Waals surface area contributed by atoms with Gasteiger partial charge in [-0.25, -0.2) is 19.2 Å². The van der Waals surface area contributed by atoms with Crippen molar-refractivity contribution in [2.75, 3.05) is 12.8 Å². The number of methoxy groups -OCH3 is 1. The third-order valence-electron chi connectivity index (χ3n) is 3.11. The van der Waals surface area contributed by atoms with Gasteiger partial charge in [0.15, 0.2) is 17.3 Å². The zero-order valence-corrected chi connectivity index (χ0v) is 12.9. The fraction of sp³-hybridized carbons (Fsp3) is 0.133. The molecule has 0 fully saturated rings. The number of ether oxygens (including phenoxy) is 1. The van der Waals surface area contributed by atoms with Gasteiger partial charge >= 0.3 is 5.97 Å². The van der Waals surface area contributed by atoms with E-state index in [0.717, 1.165) is 0 Å². The van der Waals surface area contributed by atoms with Crippen LogP contribution in [0.5, 0.6) is 5.75 Å². The van der Waals surface area contributed by atoms with Gasteiger partial charge in [0, 0.05) is 12.0 Å². The van der Waals surface area contributed by atoms with E-state index in [0.29, 0.717) is 0 Å². The maximum absolute atomic E-state index is 14.3. The van der Waals surface area contributed by atoms with Crippen LogP contribution >= 0.6 is 11.6 Å². The SMILES string of the molecule is C=Cc1c(N)nc(Cc2ccc(Cl)c(OC)c2F)nc1C(=O)O. The normalized spacial score (nSPS) is 10.4. The minimum absolute atomic E-state index is 0.0382. The second kappa shape index (κ2) is 6.62. The predicted molar refractivity (Wildman–Crippen MR) is 84.3 cm³/mol. The lowest BCUT2D eigenvalue weighted by molar-refractivity contribution is 0.0689. The number of anilines is 1. The number of nitrogens with zero attached hydrogens (tertiary/aromatic N) is 2. The number of hydrogen-bond acceptors (Lipinski definition) is 5. The summed E-state index contributed by atoms with van der Waals surface area (Å²) >= 11 is 5.83.